The van der Waals surface area contributed by atoms with E-state index in [4.69, 9.17) is 9.52 Å². The molecule has 1 aliphatic carbocycles. The highest BCUT2D eigenvalue weighted by Gasteiger charge is 2.35. The summed E-state index contributed by atoms with van der Waals surface area (Å²) >= 11 is -1.07. The van der Waals surface area contributed by atoms with Crippen molar-refractivity contribution >= 4 is 39.1 Å². The van der Waals surface area contributed by atoms with Crippen molar-refractivity contribution in [3.8, 4) is 0 Å². The van der Waals surface area contributed by atoms with Gasteiger partial charge < -0.3 is 14.1 Å². The molecule has 4 rings (SSSR count). The van der Waals surface area contributed by atoms with Crippen LogP contribution in [-0.4, -0.2) is 20.9 Å². The fraction of sp³-hybridized carbons (Fsp3) is 0.176. The van der Waals surface area contributed by atoms with Crippen molar-refractivity contribution in [3.63, 3.8) is 0 Å². The standard InChI is InChI=1S/C17H12O5S/c18-16-12-5-4-11(23(21)10-2-3-10)8-15(12)22-14-6-1-9(17(19)20)7-13(14)16/h1,4-8,10H,2-3H2,(H,19,20). The van der Waals surface area contributed by atoms with Crippen molar-refractivity contribution in [2.24, 2.45) is 0 Å². The van der Waals surface area contributed by atoms with Crippen LogP contribution in [0, 0.1) is 0 Å². The van der Waals surface area contributed by atoms with Gasteiger partial charge in [0.1, 0.15) is 16.4 Å². The van der Waals surface area contributed by atoms with Crippen molar-refractivity contribution < 1.29 is 18.9 Å². The monoisotopic (exact) mass is 328 g/mol. The van der Waals surface area contributed by atoms with Crippen LogP contribution < -0.4 is 5.43 Å². The van der Waals surface area contributed by atoms with Gasteiger partial charge in [0.25, 0.3) is 0 Å². The average Bonchev–Trinajstić information content (AvgIpc) is 3.38. The van der Waals surface area contributed by atoms with Gasteiger partial charge in [-0.2, -0.15) is 0 Å². The molecule has 0 spiro atoms. The van der Waals surface area contributed by atoms with Crippen molar-refractivity contribution in [2.75, 3.05) is 0 Å². The summed E-state index contributed by atoms with van der Waals surface area (Å²) in [6.45, 7) is 0. The van der Waals surface area contributed by atoms with Gasteiger partial charge in [-0.3, -0.25) is 4.79 Å². The van der Waals surface area contributed by atoms with Gasteiger partial charge in [0.15, 0.2) is 4.90 Å². The Hall–Kier alpha value is -2.31. The number of hydrogen-bond acceptors (Lipinski definition) is 4. The predicted molar refractivity (Wildman–Crippen MR) is 86.4 cm³/mol. The summed E-state index contributed by atoms with van der Waals surface area (Å²) in [7, 11) is 0. The van der Waals surface area contributed by atoms with E-state index in [9.17, 15) is 14.1 Å². The van der Waals surface area contributed by atoms with Gasteiger partial charge in [0, 0.05) is 18.9 Å². The van der Waals surface area contributed by atoms with Gasteiger partial charge in [-0.05, 0) is 41.5 Å². The molecule has 6 heteroatoms. The molecule has 1 N–H and O–H groups in total. The summed E-state index contributed by atoms with van der Waals surface area (Å²) in [5, 5.41) is 9.83. The van der Waals surface area contributed by atoms with Crippen molar-refractivity contribution in [2.45, 2.75) is 23.0 Å². The van der Waals surface area contributed by atoms with E-state index in [1.165, 1.54) is 18.2 Å². The van der Waals surface area contributed by atoms with Gasteiger partial charge in [0.05, 0.1) is 16.3 Å². The van der Waals surface area contributed by atoms with Gasteiger partial charge in [0.2, 0.25) is 5.43 Å². The molecule has 5 nitrogen and oxygen atoms in total. The molecule has 116 valence electrons. The Morgan fingerprint density at radius 3 is 2.61 bits per heavy atom. The SMILES string of the molecule is O=C(O)c1ccc2oc3cc([S+]([O-])C4CC4)ccc3c(=O)c2c1. The summed E-state index contributed by atoms with van der Waals surface area (Å²) in [6.07, 6.45) is 1.93. The minimum atomic E-state index is -1.10. The molecule has 1 saturated carbocycles. The summed E-state index contributed by atoms with van der Waals surface area (Å²) < 4.78 is 18.0. The third-order valence-corrected chi connectivity index (χ3v) is 5.74. The van der Waals surface area contributed by atoms with Gasteiger partial charge in [-0.1, -0.05) is 0 Å². The van der Waals surface area contributed by atoms with Crippen LogP contribution in [0.15, 0.2) is 50.5 Å². The fourth-order valence-corrected chi connectivity index (χ4v) is 3.94. The smallest absolute Gasteiger partial charge is 0.335 e. The molecule has 1 aromatic heterocycles. The molecular weight excluding hydrogens is 316 g/mol. The fourth-order valence-electron chi connectivity index (χ4n) is 2.57. The van der Waals surface area contributed by atoms with E-state index >= 15 is 0 Å². The molecule has 0 amide bonds. The topological polar surface area (TPSA) is 90.6 Å². The van der Waals surface area contributed by atoms with E-state index < -0.39 is 17.1 Å². The molecule has 1 unspecified atom stereocenters. The Balaban J connectivity index is 1.94. The number of carboxylic acid groups (broad SMARTS) is 1. The van der Waals surface area contributed by atoms with E-state index in [-0.39, 0.29) is 21.6 Å². The summed E-state index contributed by atoms with van der Waals surface area (Å²) in [5.41, 5.74) is 0.447. The normalized spacial score (nSPS) is 15.9. The lowest BCUT2D eigenvalue weighted by Crippen LogP contribution is -2.08. The van der Waals surface area contributed by atoms with Gasteiger partial charge in [-0.25, -0.2) is 4.79 Å². The summed E-state index contributed by atoms with van der Waals surface area (Å²) in [5.74, 6) is -1.10. The largest absolute Gasteiger partial charge is 0.611 e. The van der Waals surface area contributed by atoms with Crippen molar-refractivity contribution in [1.29, 1.82) is 0 Å². The number of aromatic carboxylic acids is 1. The maximum absolute atomic E-state index is 12.6. The number of rotatable bonds is 3. The lowest BCUT2D eigenvalue weighted by molar-refractivity contribution is 0.0697. The second-order valence-corrected chi connectivity index (χ2v) is 7.33. The first-order valence-corrected chi connectivity index (χ1v) is 8.40. The molecule has 23 heavy (non-hydrogen) atoms. The zero-order chi connectivity index (χ0) is 16.1. The summed E-state index contributed by atoms with van der Waals surface area (Å²) in [6, 6.07) is 9.12. The molecular formula is C17H12O5S. The molecule has 0 saturated heterocycles. The number of carboxylic acids is 1. The zero-order valence-electron chi connectivity index (χ0n) is 11.9. The van der Waals surface area contributed by atoms with E-state index in [1.807, 2.05) is 0 Å². The maximum Gasteiger partial charge on any atom is 0.335 e. The van der Waals surface area contributed by atoms with Crippen molar-refractivity contribution in [1.82, 2.24) is 0 Å². The van der Waals surface area contributed by atoms with Crippen LogP contribution in [0.3, 0.4) is 0 Å². The highest BCUT2D eigenvalue weighted by atomic mass is 32.2. The predicted octanol–water partition coefficient (Wildman–Crippen LogP) is 2.91. The zero-order valence-corrected chi connectivity index (χ0v) is 12.8. The van der Waals surface area contributed by atoms with E-state index in [0.717, 1.165) is 12.8 Å². The Kier molecular flexibility index (Phi) is 3.18. The van der Waals surface area contributed by atoms with Crippen LogP contribution in [0.1, 0.15) is 23.2 Å². The van der Waals surface area contributed by atoms with Gasteiger partial charge in [-0.15, -0.1) is 0 Å². The minimum absolute atomic E-state index is 0.0376. The highest BCUT2D eigenvalue weighted by Crippen LogP contribution is 2.34. The Morgan fingerprint density at radius 1 is 1.13 bits per heavy atom. The van der Waals surface area contributed by atoms with Crippen LogP contribution >= 0.6 is 0 Å². The van der Waals surface area contributed by atoms with Crippen LogP contribution in [0.2, 0.25) is 0 Å². The average molecular weight is 328 g/mol. The van der Waals surface area contributed by atoms with Gasteiger partial charge >= 0.3 is 5.97 Å². The third kappa shape index (κ3) is 2.40. The van der Waals surface area contributed by atoms with Crippen LogP contribution in [0.4, 0.5) is 0 Å². The first-order valence-electron chi connectivity index (χ1n) is 7.19. The number of carbonyl (C=O) groups is 1. The second kappa shape index (κ2) is 5.11. The molecule has 2 aromatic carbocycles. The lowest BCUT2D eigenvalue weighted by atomic mass is 10.1. The number of benzene rings is 2. The Labute approximate surface area is 133 Å². The van der Waals surface area contributed by atoms with Crippen LogP contribution in [0.5, 0.6) is 0 Å². The molecule has 0 radical (unpaired) electrons. The third-order valence-electron chi connectivity index (χ3n) is 3.95. The lowest BCUT2D eigenvalue weighted by Gasteiger charge is -2.09. The van der Waals surface area contributed by atoms with Crippen LogP contribution in [0.25, 0.3) is 21.9 Å². The van der Waals surface area contributed by atoms with E-state index in [1.54, 1.807) is 18.2 Å². The quantitative estimate of drug-likeness (QED) is 0.589. The highest BCUT2D eigenvalue weighted by molar-refractivity contribution is 7.92. The number of fused-ring (bicyclic) bond motifs is 2. The second-order valence-electron chi connectivity index (χ2n) is 5.60. The molecule has 3 aromatic rings. The Bertz CT molecular complexity index is 1000. The molecule has 1 atom stereocenters. The number of hydrogen-bond donors (Lipinski definition) is 1. The van der Waals surface area contributed by atoms with E-state index in [0.29, 0.717) is 21.4 Å². The Morgan fingerprint density at radius 2 is 1.91 bits per heavy atom. The molecule has 1 heterocycles. The minimum Gasteiger partial charge on any atom is -0.611 e. The summed E-state index contributed by atoms with van der Waals surface area (Å²) in [4.78, 5) is 24.3. The van der Waals surface area contributed by atoms with E-state index in [2.05, 4.69) is 0 Å². The first kappa shape index (κ1) is 14.3. The molecule has 1 fully saturated rings. The first-order chi connectivity index (χ1) is 11.0. The van der Waals surface area contributed by atoms with Crippen molar-refractivity contribution in [3.05, 3.63) is 52.2 Å². The molecule has 0 bridgehead atoms. The van der Waals surface area contributed by atoms with Crippen LogP contribution in [-0.2, 0) is 11.2 Å². The molecule has 0 aliphatic heterocycles. The maximum atomic E-state index is 12.6. The molecule has 1 aliphatic rings.